The number of anilines is 1. The van der Waals surface area contributed by atoms with Crippen LogP contribution in [0.5, 0.6) is 5.88 Å². The average molecular weight is 669 g/mol. The Morgan fingerprint density at radius 3 is 2.35 bits per heavy atom. The van der Waals surface area contributed by atoms with Crippen LogP contribution in [-0.4, -0.2) is 89.5 Å². The number of likely N-dealkylation sites (N-methyl/N-ethyl adjacent to an activating group) is 1. The Morgan fingerprint density at radius 2 is 1.65 bits per heavy atom. The fourth-order valence-electron chi connectivity index (χ4n) is 8.01. The summed E-state index contributed by atoms with van der Waals surface area (Å²) in [5.74, 6) is 1.72. The third kappa shape index (κ3) is 7.95. The second-order valence-corrected chi connectivity index (χ2v) is 14.9. The van der Waals surface area contributed by atoms with Crippen LogP contribution in [0.3, 0.4) is 0 Å². The highest BCUT2D eigenvalue weighted by molar-refractivity contribution is 5.95. The molecule has 10 heteroatoms. The van der Waals surface area contributed by atoms with Crippen LogP contribution in [0.4, 0.5) is 10.5 Å². The highest BCUT2D eigenvalue weighted by atomic mass is 16.6. The van der Waals surface area contributed by atoms with Crippen LogP contribution >= 0.6 is 0 Å². The summed E-state index contributed by atoms with van der Waals surface area (Å²) in [4.78, 5) is 38.0. The highest BCUT2D eigenvalue weighted by Crippen LogP contribution is 2.39. The summed E-state index contributed by atoms with van der Waals surface area (Å²) in [5, 5.41) is 4.62. The van der Waals surface area contributed by atoms with Gasteiger partial charge in [0.05, 0.1) is 19.3 Å². The van der Waals surface area contributed by atoms with E-state index in [9.17, 15) is 9.59 Å². The zero-order valence-corrected chi connectivity index (χ0v) is 29.4. The molecule has 0 atom stereocenters. The first-order valence-electron chi connectivity index (χ1n) is 18.4. The minimum Gasteiger partial charge on any atom is -0.481 e. The Bertz CT molecular complexity index is 1600. The van der Waals surface area contributed by atoms with Crippen molar-refractivity contribution in [1.29, 1.82) is 0 Å². The fraction of sp³-hybridized carbons (Fsp3) is 0.590. The second kappa shape index (κ2) is 14.9. The summed E-state index contributed by atoms with van der Waals surface area (Å²) in [6.07, 6.45) is 15.4. The zero-order chi connectivity index (χ0) is 33.9. The maximum absolute atomic E-state index is 14.5. The second-order valence-electron chi connectivity index (χ2n) is 14.9. The van der Waals surface area contributed by atoms with E-state index in [4.69, 9.17) is 9.47 Å². The van der Waals surface area contributed by atoms with E-state index in [1.807, 2.05) is 17.3 Å². The molecule has 3 aliphatic carbocycles. The van der Waals surface area contributed by atoms with Crippen molar-refractivity contribution < 1.29 is 19.1 Å². The van der Waals surface area contributed by atoms with E-state index in [2.05, 4.69) is 75.1 Å². The fourth-order valence-corrected chi connectivity index (χ4v) is 8.01. The van der Waals surface area contributed by atoms with Crippen LogP contribution in [0.2, 0.25) is 0 Å². The molecule has 0 N–H and O–H groups in total. The molecule has 3 saturated carbocycles. The normalized spacial score (nSPS) is 24.8. The van der Waals surface area contributed by atoms with E-state index in [0.29, 0.717) is 43.4 Å². The molecule has 262 valence electrons. The maximum Gasteiger partial charge on any atom is 0.410 e. The monoisotopic (exact) mass is 668 g/mol. The molecule has 0 bridgehead atoms. The molecule has 1 aliphatic heterocycles. The number of pyridine rings is 1. The van der Waals surface area contributed by atoms with Crippen molar-refractivity contribution in [2.75, 3.05) is 51.8 Å². The summed E-state index contributed by atoms with van der Waals surface area (Å²) in [6, 6.07) is 11.2. The van der Waals surface area contributed by atoms with Gasteiger partial charge in [0.25, 0.3) is 0 Å². The largest absolute Gasteiger partial charge is 0.481 e. The molecule has 2 aromatic heterocycles. The number of amides is 2. The Morgan fingerprint density at radius 1 is 0.898 bits per heavy atom. The van der Waals surface area contributed by atoms with E-state index < -0.39 is 0 Å². The number of ether oxygens (including phenoxy) is 2. The van der Waals surface area contributed by atoms with Crippen molar-refractivity contribution in [2.24, 2.45) is 11.8 Å². The van der Waals surface area contributed by atoms with Gasteiger partial charge in [-0.25, -0.2) is 9.78 Å². The molecule has 7 rings (SSSR count). The first-order valence-corrected chi connectivity index (χ1v) is 18.4. The van der Waals surface area contributed by atoms with Gasteiger partial charge in [-0.1, -0.05) is 12.1 Å². The molecule has 4 fully saturated rings. The number of carbonyl (C=O) groups is 2. The van der Waals surface area contributed by atoms with Gasteiger partial charge in [0.2, 0.25) is 11.8 Å². The summed E-state index contributed by atoms with van der Waals surface area (Å²) >= 11 is 0. The molecule has 10 nitrogen and oxygen atoms in total. The quantitative estimate of drug-likeness (QED) is 0.246. The van der Waals surface area contributed by atoms with Gasteiger partial charge >= 0.3 is 6.09 Å². The topological polar surface area (TPSA) is 93.0 Å². The number of rotatable bonds is 9. The van der Waals surface area contributed by atoms with Crippen LogP contribution in [-0.2, 0) is 9.53 Å². The Hall–Kier alpha value is -3.92. The van der Waals surface area contributed by atoms with Crippen molar-refractivity contribution >= 4 is 17.7 Å². The molecule has 1 saturated heterocycles. The number of piperazine rings is 1. The molecular formula is C39H52N6O4. The lowest BCUT2D eigenvalue weighted by Gasteiger charge is -2.37. The van der Waals surface area contributed by atoms with Gasteiger partial charge in [-0.2, -0.15) is 5.10 Å². The third-order valence-electron chi connectivity index (χ3n) is 11.3. The van der Waals surface area contributed by atoms with Gasteiger partial charge in [0.1, 0.15) is 6.10 Å². The number of aromatic nitrogens is 3. The van der Waals surface area contributed by atoms with Gasteiger partial charge in [-0.3, -0.25) is 9.48 Å². The number of methoxy groups -OCH3 is 1. The maximum atomic E-state index is 14.5. The molecule has 0 radical (unpaired) electrons. The lowest BCUT2D eigenvalue weighted by Crippen LogP contribution is -2.48. The van der Waals surface area contributed by atoms with Gasteiger partial charge in [-0.05, 0) is 119 Å². The van der Waals surface area contributed by atoms with Crippen molar-refractivity contribution in [1.82, 2.24) is 24.6 Å². The SMILES string of the molecule is COc1ncc(C2CCC(CN(C(=O)C3CCC(OC(=O)N4CCN(C)CC4)CC3)c3cccc(-c4cnn(C5CC5)c4)c3)CC2)cc1C. The number of nitrogens with zero attached hydrogens (tertiary/aromatic N) is 6. The smallest absolute Gasteiger partial charge is 0.410 e. The average Bonchev–Trinajstić information content (AvgIpc) is 3.86. The summed E-state index contributed by atoms with van der Waals surface area (Å²) < 4.78 is 13.4. The number of hydrogen-bond donors (Lipinski definition) is 0. The van der Waals surface area contributed by atoms with Crippen LogP contribution < -0.4 is 9.64 Å². The first kappa shape index (κ1) is 33.6. The molecule has 3 aromatic rings. The van der Waals surface area contributed by atoms with Crippen molar-refractivity contribution in [3.8, 4) is 17.0 Å². The van der Waals surface area contributed by atoms with Crippen molar-refractivity contribution in [2.45, 2.75) is 89.2 Å². The first-order chi connectivity index (χ1) is 23.8. The highest BCUT2D eigenvalue weighted by Gasteiger charge is 2.35. The number of aryl methyl sites for hydroxylation is 1. The Kier molecular flexibility index (Phi) is 10.2. The lowest BCUT2D eigenvalue weighted by atomic mass is 9.78. The van der Waals surface area contributed by atoms with Gasteiger partial charge in [0.15, 0.2) is 0 Å². The Labute approximate surface area is 290 Å². The molecule has 0 unspecified atom stereocenters. The van der Waals surface area contributed by atoms with Crippen molar-refractivity contribution in [3.63, 3.8) is 0 Å². The molecule has 0 spiro atoms. The molecule has 1 aromatic carbocycles. The van der Waals surface area contributed by atoms with Gasteiger partial charge < -0.3 is 24.2 Å². The predicted octanol–water partition coefficient (Wildman–Crippen LogP) is 6.85. The summed E-state index contributed by atoms with van der Waals surface area (Å²) in [7, 11) is 3.75. The van der Waals surface area contributed by atoms with E-state index in [-0.39, 0.29) is 24.0 Å². The standard InChI is InChI=1S/C39H52N6O4/c1-27-21-32(23-40-37(27)48-3)29-9-7-28(8-10-29)25-44(35-6-4-5-31(22-35)33-24-41-45(26-33)34-13-14-34)38(46)30-11-15-36(16-12-30)49-39(47)43-19-17-42(2)18-20-43/h4-6,21-24,26,28-30,34,36H,7-20,25H2,1-3H3. The van der Waals surface area contributed by atoms with Crippen LogP contribution in [0.15, 0.2) is 48.9 Å². The molecule has 4 aliphatic rings. The predicted molar refractivity (Wildman–Crippen MR) is 190 cm³/mol. The van der Waals surface area contributed by atoms with E-state index in [1.54, 1.807) is 7.11 Å². The summed E-state index contributed by atoms with van der Waals surface area (Å²) in [5.41, 5.74) is 5.50. The zero-order valence-electron chi connectivity index (χ0n) is 29.4. The van der Waals surface area contributed by atoms with Gasteiger partial charge in [0, 0.05) is 67.8 Å². The van der Waals surface area contributed by atoms with Gasteiger partial charge in [-0.15, -0.1) is 0 Å². The minimum atomic E-state index is -0.206. The molecule has 49 heavy (non-hydrogen) atoms. The van der Waals surface area contributed by atoms with Crippen LogP contribution in [0.25, 0.3) is 11.1 Å². The molecule has 2 amide bonds. The van der Waals surface area contributed by atoms with E-state index >= 15 is 0 Å². The van der Waals surface area contributed by atoms with Crippen LogP contribution in [0.1, 0.15) is 87.3 Å². The number of hydrogen-bond acceptors (Lipinski definition) is 7. The van der Waals surface area contributed by atoms with E-state index in [0.717, 1.165) is 86.8 Å². The molecular weight excluding hydrogens is 616 g/mol. The number of benzene rings is 1. The van der Waals surface area contributed by atoms with Crippen LogP contribution in [0, 0.1) is 18.8 Å². The summed E-state index contributed by atoms with van der Waals surface area (Å²) in [6.45, 7) is 5.93. The van der Waals surface area contributed by atoms with Crippen molar-refractivity contribution in [3.05, 3.63) is 60.0 Å². The lowest BCUT2D eigenvalue weighted by molar-refractivity contribution is -0.124. The third-order valence-corrected chi connectivity index (χ3v) is 11.3. The molecule has 3 heterocycles. The van der Waals surface area contributed by atoms with E-state index in [1.165, 1.54) is 18.4 Å². The Balaban J connectivity index is 1.03. The minimum absolute atomic E-state index is 0.0791. The number of carbonyl (C=O) groups excluding carboxylic acids is 2.